The molecule has 2 heterocycles. The van der Waals surface area contributed by atoms with Crippen LogP contribution in [-0.2, 0) is 11.2 Å². The minimum Gasteiger partial charge on any atom is -0.488 e. The summed E-state index contributed by atoms with van der Waals surface area (Å²) in [5.41, 5.74) is 0.980. The lowest BCUT2D eigenvalue weighted by atomic mass is 10.1. The van der Waals surface area contributed by atoms with Crippen LogP contribution in [0.3, 0.4) is 0 Å². The second-order valence-electron chi connectivity index (χ2n) is 5.61. The van der Waals surface area contributed by atoms with E-state index in [0.717, 1.165) is 42.8 Å². The van der Waals surface area contributed by atoms with Crippen LogP contribution >= 0.6 is 15.9 Å². The molecule has 0 N–H and O–H groups in total. The average molecular weight is 344 g/mol. The van der Waals surface area contributed by atoms with Crippen molar-refractivity contribution >= 4 is 15.9 Å². The van der Waals surface area contributed by atoms with E-state index in [1.54, 1.807) is 12.1 Å². The van der Waals surface area contributed by atoms with E-state index in [9.17, 15) is 4.39 Å². The van der Waals surface area contributed by atoms with Crippen LogP contribution in [0.4, 0.5) is 4.39 Å². The van der Waals surface area contributed by atoms with Crippen LogP contribution in [0.15, 0.2) is 18.2 Å². The number of rotatable bonds is 3. The molecular weight excluding hydrogens is 325 g/mol. The van der Waals surface area contributed by atoms with Crippen molar-refractivity contribution in [3.05, 3.63) is 29.6 Å². The van der Waals surface area contributed by atoms with Gasteiger partial charge in [0.1, 0.15) is 17.7 Å². The van der Waals surface area contributed by atoms with Crippen molar-refractivity contribution in [1.29, 1.82) is 0 Å². The summed E-state index contributed by atoms with van der Waals surface area (Å²) in [7, 11) is 0. The Labute approximate surface area is 127 Å². The number of hydrogen-bond donors (Lipinski definition) is 0. The summed E-state index contributed by atoms with van der Waals surface area (Å²) < 4.78 is 24.9. The largest absolute Gasteiger partial charge is 0.488 e. The Morgan fingerprint density at radius 3 is 3.05 bits per heavy atom. The summed E-state index contributed by atoms with van der Waals surface area (Å²) in [6.45, 7) is 4.71. The highest BCUT2D eigenvalue weighted by Crippen LogP contribution is 2.30. The van der Waals surface area contributed by atoms with Crippen molar-refractivity contribution in [3.63, 3.8) is 0 Å². The fraction of sp³-hybridized carbons (Fsp3) is 0.600. The molecule has 1 fully saturated rings. The molecule has 0 radical (unpaired) electrons. The van der Waals surface area contributed by atoms with Crippen molar-refractivity contribution in [1.82, 2.24) is 4.90 Å². The topological polar surface area (TPSA) is 21.7 Å². The molecule has 2 aliphatic heterocycles. The van der Waals surface area contributed by atoms with Gasteiger partial charge in [-0.15, -0.1) is 0 Å². The van der Waals surface area contributed by atoms with Gasteiger partial charge in [-0.05, 0) is 25.1 Å². The first kappa shape index (κ1) is 14.3. The summed E-state index contributed by atoms with van der Waals surface area (Å²) in [6, 6.07) is 5.17. The van der Waals surface area contributed by atoms with Gasteiger partial charge in [0.15, 0.2) is 0 Å². The molecule has 0 saturated carbocycles. The van der Waals surface area contributed by atoms with E-state index in [1.165, 1.54) is 6.07 Å². The van der Waals surface area contributed by atoms with Crippen LogP contribution < -0.4 is 4.74 Å². The Balaban J connectivity index is 1.62. The number of nitrogens with zero attached hydrogens (tertiary/aromatic N) is 1. The Kier molecular flexibility index (Phi) is 4.29. The van der Waals surface area contributed by atoms with E-state index in [4.69, 9.17) is 9.47 Å². The number of fused-ring (bicyclic) bond motifs is 1. The third-order valence-electron chi connectivity index (χ3n) is 4.01. The normalized spacial score (nSPS) is 30.1. The van der Waals surface area contributed by atoms with E-state index < -0.39 is 0 Å². The van der Waals surface area contributed by atoms with Crippen LogP contribution in [0, 0.1) is 5.82 Å². The van der Waals surface area contributed by atoms with Crippen molar-refractivity contribution < 1.29 is 13.9 Å². The Morgan fingerprint density at radius 1 is 1.40 bits per heavy atom. The molecule has 0 amide bonds. The third kappa shape index (κ3) is 3.00. The number of hydrogen-bond acceptors (Lipinski definition) is 3. The monoisotopic (exact) mass is 343 g/mol. The number of benzene rings is 1. The third-order valence-corrected chi connectivity index (χ3v) is 4.73. The predicted octanol–water partition coefficient (Wildman–Crippen LogP) is 2.61. The molecule has 3 nitrogen and oxygen atoms in total. The zero-order valence-corrected chi connectivity index (χ0v) is 13.1. The van der Waals surface area contributed by atoms with Gasteiger partial charge in [-0.3, -0.25) is 4.90 Å². The van der Waals surface area contributed by atoms with Gasteiger partial charge < -0.3 is 9.47 Å². The second-order valence-corrected chi connectivity index (χ2v) is 6.26. The summed E-state index contributed by atoms with van der Waals surface area (Å²) in [4.78, 5) is 2.41. The Morgan fingerprint density at radius 2 is 2.25 bits per heavy atom. The maximum absolute atomic E-state index is 13.2. The number of morpholine rings is 1. The maximum Gasteiger partial charge on any atom is 0.123 e. The molecule has 20 heavy (non-hydrogen) atoms. The average Bonchev–Trinajstić information content (AvgIpc) is 2.82. The fourth-order valence-corrected chi connectivity index (χ4v) is 3.27. The fourth-order valence-electron chi connectivity index (χ4n) is 2.88. The molecular formula is C15H19BrFNO2. The van der Waals surface area contributed by atoms with Crippen LogP contribution in [-0.4, -0.2) is 48.2 Å². The molecule has 0 aliphatic carbocycles. The Bertz CT molecular complexity index is 485. The zero-order chi connectivity index (χ0) is 14.1. The lowest BCUT2D eigenvalue weighted by Crippen LogP contribution is -2.51. The molecule has 3 unspecified atom stereocenters. The standard InChI is InChI=1S/C15H19BrFNO2/c1-10-9-19-14(6-16)8-18(10)7-13-5-11-4-12(17)2-3-15(11)20-13/h2-4,10,13-14H,5-9H2,1H3. The van der Waals surface area contributed by atoms with Gasteiger partial charge in [-0.25, -0.2) is 4.39 Å². The molecule has 1 aromatic rings. The van der Waals surface area contributed by atoms with Crippen LogP contribution in [0.5, 0.6) is 5.75 Å². The highest BCUT2D eigenvalue weighted by Gasteiger charge is 2.31. The first-order valence-corrected chi connectivity index (χ1v) is 8.14. The van der Waals surface area contributed by atoms with Gasteiger partial charge >= 0.3 is 0 Å². The minimum atomic E-state index is -0.188. The van der Waals surface area contributed by atoms with Crippen LogP contribution in [0.25, 0.3) is 0 Å². The molecule has 3 rings (SSSR count). The van der Waals surface area contributed by atoms with E-state index in [2.05, 4.69) is 27.8 Å². The highest BCUT2D eigenvalue weighted by molar-refractivity contribution is 9.09. The summed E-state index contributed by atoms with van der Waals surface area (Å²) in [6.07, 6.45) is 1.15. The zero-order valence-electron chi connectivity index (χ0n) is 11.5. The van der Waals surface area contributed by atoms with Gasteiger partial charge in [-0.2, -0.15) is 0 Å². The molecule has 5 heteroatoms. The second kappa shape index (κ2) is 6.00. The predicted molar refractivity (Wildman–Crippen MR) is 79.1 cm³/mol. The van der Waals surface area contributed by atoms with Gasteiger partial charge in [0.2, 0.25) is 0 Å². The minimum absolute atomic E-state index is 0.114. The summed E-state index contributed by atoms with van der Waals surface area (Å²) >= 11 is 3.48. The molecule has 0 aromatic heterocycles. The SMILES string of the molecule is CC1COC(CBr)CN1CC1Cc2cc(F)ccc2O1. The van der Waals surface area contributed by atoms with Gasteiger partial charge in [0, 0.05) is 36.4 Å². The summed E-state index contributed by atoms with van der Waals surface area (Å²) in [5, 5.41) is 0.854. The maximum atomic E-state index is 13.2. The molecule has 1 saturated heterocycles. The summed E-state index contributed by atoms with van der Waals surface area (Å²) in [5.74, 6) is 0.640. The molecule has 110 valence electrons. The van der Waals surface area contributed by atoms with Crippen LogP contribution in [0.1, 0.15) is 12.5 Å². The Hall–Kier alpha value is -0.650. The molecule has 0 bridgehead atoms. The van der Waals surface area contributed by atoms with E-state index in [1.807, 2.05) is 0 Å². The van der Waals surface area contributed by atoms with Crippen molar-refractivity contribution in [2.45, 2.75) is 31.6 Å². The van der Waals surface area contributed by atoms with Crippen molar-refractivity contribution in [2.24, 2.45) is 0 Å². The number of ether oxygens (including phenoxy) is 2. The molecule has 1 aromatic carbocycles. The lowest BCUT2D eigenvalue weighted by molar-refractivity contribution is -0.0555. The first-order chi connectivity index (χ1) is 9.65. The molecule has 2 aliphatic rings. The highest BCUT2D eigenvalue weighted by atomic mass is 79.9. The smallest absolute Gasteiger partial charge is 0.123 e. The van der Waals surface area contributed by atoms with Gasteiger partial charge in [0.05, 0.1) is 12.7 Å². The van der Waals surface area contributed by atoms with Crippen molar-refractivity contribution in [3.8, 4) is 5.75 Å². The lowest BCUT2D eigenvalue weighted by Gasteiger charge is -2.38. The quantitative estimate of drug-likeness (QED) is 0.787. The van der Waals surface area contributed by atoms with Crippen molar-refractivity contribution in [2.75, 3.05) is 25.0 Å². The number of halogens is 2. The first-order valence-electron chi connectivity index (χ1n) is 7.02. The molecule has 0 spiro atoms. The van der Waals surface area contributed by atoms with Crippen LogP contribution in [0.2, 0.25) is 0 Å². The van der Waals surface area contributed by atoms with E-state index >= 15 is 0 Å². The van der Waals surface area contributed by atoms with Gasteiger partial charge in [0.25, 0.3) is 0 Å². The van der Waals surface area contributed by atoms with E-state index in [0.29, 0.717) is 6.04 Å². The van der Waals surface area contributed by atoms with Gasteiger partial charge in [-0.1, -0.05) is 15.9 Å². The van der Waals surface area contributed by atoms with E-state index in [-0.39, 0.29) is 18.0 Å². The molecule has 3 atom stereocenters. The number of alkyl halides is 1.